The summed E-state index contributed by atoms with van der Waals surface area (Å²) in [5.41, 5.74) is 2.25. The first-order chi connectivity index (χ1) is 17.0. The molecule has 6 rings (SSSR count). The number of fused-ring (bicyclic) bond motifs is 5. The van der Waals surface area contributed by atoms with Crippen molar-refractivity contribution in [1.29, 1.82) is 0 Å². The molecule has 0 saturated carbocycles. The van der Waals surface area contributed by atoms with Gasteiger partial charge in [-0.1, -0.05) is 36.4 Å². The SMILES string of the molecule is COc1ccccc1N1C(=O)[C@@H]2[C@H](C1=O)[C@H](C(=O)c1ccc(F)cc1)N1N=Cc3ccccc3[C@H]21. The summed E-state index contributed by atoms with van der Waals surface area (Å²) in [6.45, 7) is 0. The number of anilines is 1. The third kappa shape index (κ3) is 3.02. The Labute approximate surface area is 200 Å². The number of hydrogen-bond donors (Lipinski definition) is 0. The molecule has 7 nitrogen and oxygen atoms in total. The number of ether oxygens (including phenoxy) is 1. The number of hydrazone groups is 1. The lowest BCUT2D eigenvalue weighted by Gasteiger charge is -2.33. The fourth-order valence-electron chi connectivity index (χ4n) is 5.51. The molecular weight excluding hydrogens is 449 g/mol. The summed E-state index contributed by atoms with van der Waals surface area (Å²) in [6, 6.07) is 17.9. The Bertz CT molecular complexity index is 1400. The van der Waals surface area contributed by atoms with E-state index in [9.17, 15) is 18.8 Å². The number of methoxy groups -OCH3 is 1. The summed E-state index contributed by atoms with van der Waals surface area (Å²) in [4.78, 5) is 42.6. The predicted octanol–water partition coefficient (Wildman–Crippen LogP) is 3.60. The number of para-hydroxylation sites is 2. The van der Waals surface area contributed by atoms with Gasteiger partial charge in [0.1, 0.15) is 17.6 Å². The van der Waals surface area contributed by atoms with Crippen LogP contribution in [0.4, 0.5) is 10.1 Å². The molecule has 2 amide bonds. The van der Waals surface area contributed by atoms with Crippen LogP contribution >= 0.6 is 0 Å². The van der Waals surface area contributed by atoms with Gasteiger partial charge in [-0.2, -0.15) is 5.10 Å². The van der Waals surface area contributed by atoms with Gasteiger partial charge in [-0.15, -0.1) is 0 Å². The summed E-state index contributed by atoms with van der Waals surface area (Å²) in [7, 11) is 1.47. The third-order valence-corrected chi connectivity index (χ3v) is 7.02. The van der Waals surface area contributed by atoms with E-state index in [0.29, 0.717) is 11.4 Å². The van der Waals surface area contributed by atoms with E-state index in [-0.39, 0.29) is 11.3 Å². The van der Waals surface area contributed by atoms with E-state index in [0.717, 1.165) is 16.0 Å². The van der Waals surface area contributed by atoms with E-state index in [2.05, 4.69) is 5.10 Å². The molecule has 0 radical (unpaired) electrons. The van der Waals surface area contributed by atoms with Crippen molar-refractivity contribution in [1.82, 2.24) is 5.01 Å². The lowest BCUT2D eigenvalue weighted by atomic mass is 9.83. The van der Waals surface area contributed by atoms with Crippen LogP contribution in [0.2, 0.25) is 0 Å². The lowest BCUT2D eigenvalue weighted by Crippen LogP contribution is -2.44. The smallest absolute Gasteiger partial charge is 0.240 e. The zero-order valence-corrected chi connectivity index (χ0v) is 18.7. The molecule has 2 fully saturated rings. The summed E-state index contributed by atoms with van der Waals surface area (Å²) in [5.74, 6) is -3.13. The molecule has 4 atom stereocenters. The van der Waals surface area contributed by atoms with Crippen molar-refractivity contribution in [3.8, 4) is 5.75 Å². The highest BCUT2D eigenvalue weighted by atomic mass is 19.1. The number of carbonyl (C=O) groups is 3. The number of Topliss-reactive ketones (excluding diaryl/α,β-unsaturated/α-hetero) is 1. The number of benzene rings is 3. The van der Waals surface area contributed by atoms with Gasteiger partial charge in [-0.05, 0) is 47.5 Å². The molecule has 3 aliphatic rings. The van der Waals surface area contributed by atoms with E-state index in [1.165, 1.54) is 31.4 Å². The van der Waals surface area contributed by atoms with E-state index >= 15 is 0 Å². The largest absolute Gasteiger partial charge is 0.495 e. The van der Waals surface area contributed by atoms with Crippen molar-refractivity contribution < 1.29 is 23.5 Å². The van der Waals surface area contributed by atoms with Crippen LogP contribution in [0.25, 0.3) is 0 Å². The lowest BCUT2D eigenvalue weighted by molar-refractivity contribution is -0.124. The van der Waals surface area contributed by atoms with Gasteiger partial charge >= 0.3 is 0 Å². The minimum absolute atomic E-state index is 0.251. The minimum atomic E-state index is -1.02. The van der Waals surface area contributed by atoms with E-state index in [1.807, 2.05) is 24.3 Å². The molecule has 0 unspecified atom stereocenters. The van der Waals surface area contributed by atoms with Gasteiger partial charge in [0.15, 0.2) is 5.78 Å². The van der Waals surface area contributed by atoms with Crippen molar-refractivity contribution in [2.45, 2.75) is 12.1 Å². The highest BCUT2D eigenvalue weighted by Gasteiger charge is 2.65. The fraction of sp³-hybridized carbons (Fsp3) is 0.185. The van der Waals surface area contributed by atoms with Gasteiger partial charge in [-0.3, -0.25) is 19.4 Å². The van der Waals surface area contributed by atoms with Crippen LogP contribution in [0.3, 0.4) is 0 Å². The zero-order chi connectivity index (χ0) is 24.3. The highest BCUT2D eigenvalue weighted by Crippen LogP contribution is 2.53. The quantitative estimate of drug-likeness (QED) is 0.431. The van der Waals surface area contributed by atoms with Crippen LogP contribution in [0, 0.1) is 17.7 Å². The van der Waals surface area contributed by atoms with Crippen LogP contribution in [0.1, 0.15) is 27.5 Å². The van der Waals surface area contributed by atoms with Gasteiger partial charge in [0.2, 0.25) is 11.8 Å². The van der Waals surface area contributed by atoms with Gasteiger partial charge < -0.3 is 4.74 Å². The molecule has 174 valence electrons. The van der Waals surface area contributed by atoms with Crippen molar-refractivity contribution in [3.05, 3.63) is 95.3 Å². The Morgan fingerprint density at radius 1 is 0.914 bits per heavy atom. The minimum Gasteiger partial charge on any atom is -0.495 e. The van der Waals surface area contributed by atoms with Crippen LogP contribution in [-0.4, -0.2) is 42.0 Å². The van der Waals surface area contributed by atoms with E-state index < -0.39 is 41.6 Å². The van der Waals surface area contributed by atoms with Gasteiger partial charge in [0.25, 0.3) is 0 Å². The van der Waals surface area contributed by atoms with E-state index in [1.54, 1.807) is 35.5 Å². The maximum atomic E-state index is 13.9. The topological polar surface area (TPSA) is 79.3 Å². The Morgan fingerprint density at radius 2 is 1.60 bits per heavy atom. The molecule has 8 heteroatoms. The molecule has 3 aliphatic heterocycles. The molecule has 35 heavy (non-hydrogen) atoms. The number of rotatable bonds is 4. The number of halogens is 1. The van der Waals surface area contributed by atoms with Crippen molar-refractivity contribution in [2.24, 2.45) is 16.9 Å². The fourth-order valence-corrected chi connectivity index (χ4v) is 5.51. The first kappa shape index (κ1) is 21.2. The predicted molar refractivity (Wildman–Crippen MR) is 126 cm³/mol. The van der Waals surface area contributed by atoms with Crippen LogP contribution in [0.5, 0.6) is 5.75 Å². The molecule has 0 bridgehead atoms. The summed E-state index contributed by atoms with van der Waals surface area (Å²) in [5, 5.41) is 6.11. The normalized spacial score (nSPS) is 24.3. The van der Waals surface area contributed by atoms with Gasteiger partial charge in [-0.25, -0.2) is 9.29 Å². The number of amides is 2. The number of ketones is 1. The molecule has 3 heterocycles. The Balaban J connectivity index is 1.51. The van der Waals surface area contributed by atoms with Gasteiger partial charge in [0.05, 0.1) is 36.9 Å². The first-order valence-corrected chi connectivity index (χ1v) is 11.2. The van der Waals surface area contributed by atoms with Crippen LogP contribution < -0.4 is 9.64 Å². The second kappa shape index (κ2) is 7.87. The number of carbonyl (C=O) groups excluding carboxylic acids is 3. The van der Waals surface area contributed by atoms with E-state index in [4.69, 9.17) is 4.74 Å². The molecule has 0 aliphatic carbocycles. The van der Waals surface area contributed by atoms with Crippen molar-refractivity contribution >= 4 is 29.5 Å². The van der Waals surface area contributed by atoms with Gasteiger partial charge in [0, 0.05) is 5.56 Å². The molecule has 2 saturated heterocycles. The van der Waals surface area contributed by atoms with Crippen LogP contribution in [0.15, 0.2) is 77.9 Å². The summed E-state index contributed by atoms with van der Waals surface area (Å²) in [6.07, 6.45) is 1.64. The van der Waals surface area contributed by atoms with Crippen molar-refractivity contribution in [2.75, 3.05) is 12.0 Å². The number of imide groups is 1. The Morgan fingerprint density at radius 3 is 2.37 bits per heavy atom. The average Bonchev–Trinajstić information content (AvgIpc) is 3.36. The molecule has 0 aromatic heterocycles. The standard InChI is InChI=1S/C27H20FN3O4/c1-35-20-9-5-4-8-19(20)30-26(33)21-22(27(30)34)24(25(32)15-10-12-17(28)13-11-15)31-23(21)18-7-3-2-6-16(18)14-29-31/h2-14,21-24H,1H3/t21-,22+,23-,24-/m1/s1. The average molecular weight is 469 g/mol. The summed E-state index contributed by atoms with van der Waals surface area (Å²) >= 11 is 0. The molecule has 3 aromatic rings. The second-order valence-electron chi connectivity index (χ2n) is 8.75. The third-order valence-electron chi connectivity index (χ3n) is 7.02. The molecule has 0 N–H and O–H groups in total. The molecule has 0 spiro atoms. The number of hydrogen-bond acceptors (Lipinski definition) is 6. The highest BCUT2D eigenvalue weighted by molar-refractivity contribution is 6.25. The maximum absolute atomic E-state index is 13.9. The molecular formula is C27H20FN3O4. The number of nitrogens with zero attached hydrogens (tertiary/aromatic N) is 3. The second-order valence-corrected chi connectivity index (χ2v) is 8.75. The monoisotopic (exact) mass is 469 g/mol. The maximum Gasteiger partial charge on any atom is 0.240 e. The zero-order valence-electron chi connectivity index (χ0n) is 18.7. The summed E-state index contributed by atoms with van der Waals surface area (Å²) < 4.78 is 18.9. The molecule has 3 aromatic carbocycles. The first-order valence-electron chi connectivity index (χ1n) is 11.2. The van der Waals surface area contributed by atoms with Crippen LogP contribution in [-0.2, 0) is 9.59 Å². The van der Waals surface area contributed by atoms with Crippen molar-refractivity contribution in [3.63, 3.8) is 0 Å². The Hall–Kier alpha value is -4.33. The Kier molecular flexibility index (Phi) is 4.77.